The van der Waals surface area contributed by atoms with E-state index in [1.54, 1.807) is 0 Å². The Kier molecular flexibility index (Phi) is 4.90. The van der Waals surface area contributed by atoms with Gasteiger partial charge in [0.1, 0.15) is 5.69 Å². The van der Waals surface area contributed by atoms with Gasteiger partial charge in [0, 0.05) is 0 Å². The van der Waals surface area contributed by atoms with Gasteiger partial charge in [0.15, 0.2) is 0 Å². The number of benzene rings is 1. The number of aryl methyl sites for hydroxylation is 2. The van der Waals surface area contributed by atoms with E-state index in [2.05, 4.69) is 27.4 Å². The molecule has 1 aromatic carbocycles. The smallest absolute Gasteiger partial charge is 0.269 e. The average Bonchev–Trinajstić information content (AvgIpc) is 2.97. The second kappa shape index (κ2) is 6.86. The summed E-state index contributed by atoms with van der Waals surface area (Å²) in [7, 11) is 0. The van der Waals surface area contributed by atoms with Gasteiger partial charge in [0.25, 0.3) is 5.91 Å². The van der Waals surface area contributed by atoms with Crippen molar-refractivity contribution in [3.8, 4) is 0 Å². The van der Waals surface area contributed by atoms with Crippen LogP contribution < -0.4 is 5.32 Å². The van der Waals surface area contributed by atoms with Crippen molar-refractivity contribution in [3.05, 3.63) is 53.6 Å². The molecule has 0 fully saturated rings. The summed E-state index contributed by atoms with van der Waals surface area (Å²) >= 11 is 0. The number of aliphatic hydroxyl groups excluding tert-OH is 1. The molecule has 5 nitrogen and oxygen atoms in total. The molecule has 106 valence electrons. The minimum Gasteiger partial charge on any atom is -0.394 e. The van der Waals surface area contributed by atoms with Crippen molar-refractivity contribution in [1.82, 2.24) is 15.3 Å². The van der Waals surface area contributed by atoms with Gasteiger partial charge in [0.2, 0.25) is 0 Å². The van der Waals surface area contributed by atoms with Crippen LogP contribution in [0.15, 0.2) is 36.8 Å². The highest BCUT2D eigenvalue weighted by molar-refractivity contribution is 5.92. The SMILES string of the molecule is Cc1cccc(CCC(CO)NC(=O)c2cnc[nH]2)c1. The highest BCUT2D eigenvalue weighted by atomic mass is 16.3. The van der Waals surface area contributed by atoms with Crippen LogP contribution in [0.2, 0.25) is 0 Å². The van der Waals surface area contributed by atoms with Crippen LogP contribution in [0, 0.1) is 6.92 Å². The molecule has 20 heavy (non-hydrogen) atoms. The number of nitrogens with zero attached hydrogens (tertiary/aromatic N) is 1. The number of aromatic amines is 1. The molecule has 0 saturated carbocycles. The van der Waals surface area contributed by atoms with Gasteiger partial charge in [-0.25, -0.2) is 4.98 Å². The van der Waals surface area contributed by atoms with Gasteiger partial charge < -0.3 is 15.4 Å². The third kappa shape index (κ3) is 3.93. The summed E-state index contributed by atoms with van der Waals surface area (Å²) in [5, 5.41) is 12.2. The number of imidazole rings is 1. The summed E-state index contributed by atoms with van der Waals surface area (Å²) in [5.41, 5.74) is 2.82. The first-order valence-corrected chi connectivity index (χ1v) is 6.64. The normalized spacial score (nSPS) is 12.1. The predicted molar refractivity (Wildman–Crippen MR) is 76.4 cm³/mol. The van der Waals surface area contributed by atoms with Crippen LogP contribution in [0.3, 0.4) is 0 Å². The van der Waals surface area contributed by atoms with E-state index in [1.165, 1.54) is 23.7 Å². The van der Waals surface area contributed by atoms with E-state index in [1.807, 2.05) is 19.1 Å². The van der Waals surface area contributed by atoms with Crippen LogP contribution in [0.1, 0.15) is 28.0 Å². The molecule has 5 heteroatoms. The molecule has 1 unspecified atom stereocenters. The lowest BCUT2D eigenvalue weighted by Gasteiger charge is -2.15. The molecule has 1 aromatic heterocycles. The first-order valence-electron chi connectivity index (χ1n) is 6.64. The standard InChI is InChI=1S/C15H19N3O2/c1-11-3-2-4-12(7-11)5-6-13(9-19)18-15(20)14-8-16-10-17-14/h2-4,7-8,10,13,19H,5-6,9H2,1H3,(H,16,17)(H,18,20). The molecule has 2 aromatic rings. The van der Waals surface area contributed by atoms with Crippen molar-refractivity contribution in [2.24, 2.45) is 0 Å². The Morgan fingerprint density at radius 2 is 2.35 bits per heavy atom. The Hall–Kier alpha value is -2.14. The molecule has 0 aliphatic heterocycles. The molecule has 3 N–H and O–H groups in total. The fourth-order valence-electron chi connectivity index (χ4n) is 2.06. The lowest BCUT2D eigenvalue weighted by atomic mass is 10.0. The molecule has 0 bridgehead atoms. The van der Waals surface area contributed by atoms with E-state index in [9.17, 15) is 9.90 Å². The van der Waals surface area contributed by atoms with Gasteiger partial charge in [-0.15, -0.1) is 0 Å². The second-order valence-electron chi connectivity index (χ2n) is 4.85. The molecule has 0 aliphatic rings. The van der Waals surface area contributed by atoms with Crippen molar-refractivity contribution in [1.29, 1.82) is 0 Å². The van der Waals surface area contributed by atoms with Gasteiger partial charge in [-0.1, -0.05) is 29.8 Å². The largest absolute Gasteiger partial charge is 0.394 e. The predicted octanol–water partition coefficient (Wildman–Crippen LogP) is 1.44. The van der Waals surface area contributed by atoms with E-state index < -0.39 is 0 Å². The second-order valence-corrected chi connectivity index (χ2v) is 4.85. The molecule has 0 aliphatic carbocycles. The van der Waals surface area contributed by atoms with Crippen molar-refractivity contribution in [2.45, 2.75) is 25.8 Å². The Labute approximate surface area is 118 Å². The monoisotopic (exact) mass is 273 g/mol. The van der Waals surface area contributed by atoms with Crippen LogP contribution in [-0.2, 0) is 6.42 Å². The molecule has 0 radical (unpaired) electrons. The van der Waals surface area contributed by atoms with Crippen molar-refractivity contribution >= 4 is 5.91 Å². The summed E-state index contributed by atoms with van der Waals surface area (Å²) < 4.78 is 0. The lowest BCUT2D eigenvalue weighted by Crippen LogP contribution is -2.38. The number of hydrogen-bond acceptors (Lipinski definition) is 3. The summed E-state index contributed by atoms with van der Waals surface area (Å²) in [6, 6.07) is 7.98. The fraction of sp³-hybridized carbons (Fsp3) is 0.333. The van der Waals surface area contributed by atoms with Crippen LogP contribution in [-0.4, -0.2) is 33.6 Å². The average molecular weight is 273 g/mol. The quantitative estimate of drug-likeness (QED) is 0.745. The molecular weight excluding hydrogens is 254 g/mol. The summed E-state index contributed by atoms with van der Waals surface area (Å²) in [5.74, 6) is -0.245. The number of aliphatic hydroxyl groups is 1. The lowest BCUT2D eigenvalue weighted by molar-refractivity contribution is 0.0908. The van der Waals surface area contributed by atoms with Crippen LogP contribution in [0.4, 0.5) is 0 Å². The maximum Gasteiger partial charge on any atom is 0.269 e. The van der Waals surface area contributed by atoms with E-state index in [-0.39, 0.29) is 18.6 Å². The summed E-state index contributed by atoms with van der Waals surface area (Å²) in [6.07, 6.45) is 4.43. The minimum atomic E-state index is -0.258. The topological polar surface area (TPSA) is 78.0 Å². The van der Waals surface area contributed by atoms with Crippen LogP contribution >= 0.6 is 0 Å². The van der Waals surface area contributed by atoms with Crippen LogP contribution in [0.5, 0.6) is 0 Å². The number of rotatable bonds is 6. The number of hydrogen-bond donors (Lipinski definition) is 3. The fourth-order valence-corrected chi connectivity index (χ4v) is 2.06. The molecule has 0 spiro atoms. The Morgan fingerprint density at radius 3 is 3.00 bits per heavy atom. The zero-order valence-corrected chi connectivity index (χ0v) is 11.5. The Bertz CT molecular complexity index is 552. The Morgan fingerprint density at radius 1 is 1.50 bits per heavy atom. The first-order chi connectivity index (χ1) is 9.69. The van der Waals surface area contributed by atoms with Crippen LogP contribution in [0.25, 0.3) is 0 Å². The third-order valence-electron chi connectivity index (χ3n) is 3.16. The number of H-pyrrole nitrogens is 1. The molecule has 1 heterocycles. The highest BCUT2D eigenvalue weighted by Gasteiger charge is 2.13. The first kappa shape index (κ1) is 14.3. The van der Waals surface area contributed by atoms with Gasteiger partial charge in [-0.2, -0.15) is 0 Å². The maximum atomic E-state index is 11.8. The zero-order valence-electron chi connectivity index (χ0n) is 11.5. The van der Waals surface area contributed by atoms with Gasteiger partial charge in [-0.3, -0.25) is 4.79 Å². The molecule has 1 atom stereocenters. The van der Waals surface area contributed by atoms with Gasteiger partial charge >= 0.3 is 0 Å². The van der Waals surface area contributed by atoms with E-state index in [0.29, 0.717) is 12.1 Å². The number of carbonyl (C=O) groups is 1. The van der Waals surface area contributed by atoms with Gasteiger partial charge in [-0.05, 0) is 25.3 Å². The molecule has 0 saturated heterocycles. The number of nitrogens with one attached hydrogen (secondary N) is 2. The minimum absolute atomic E-state index is 0.0777. The van der Waals surface area contributed by atoms with Crippen molar-refractivity contribution in [3.63, 3.8) is 0 Å². The number of carbonyl (C=O) groups excluding carboxylic acids is 1. The molecule has 2 rings (SSSR count). The summed E-state index contributed by atoms with van der Waals surface area (Å²) in [6.45, 7) is 1.97. The van der Waals surface area contributed by atoms with E-state index in [4.69, 9.17) is 0 Å². The summed E-state index contributed by atoms with van der Waals surface area (Å²) in [4.78, 5) is 18.4. The Balaban J connectivity index is 1.88. The highest BCUT2D eigenvalue weighted by Crippen LogP contribution is 2.08. The van der Waals surface area contributed by atoms with Crippen molar-refractivity contribution < 1.29 is 9.90 Å². The number of amides is 1. The van der Waals surface area contributed by atoms with Gasteiger partial charge in [0.05, 0.1) is 25.2 Å². The van der Waals surface area contributed by atoms with E-state index >= 15 is 0 Å². The molecule has 1 amide bonds. The third-order valence-corrected chi connectivity index (χ3v) is 3.16. The number of aromatic nitrogens is 2. The maximum absolute atomic E-state index is 11.8. The zero-order chi connectivity index (χ0) is 14.4. The van der Waals surface area contributed by atoms with E-state index in [0.717, 1.165) is 6.42 Å². The van der Waals surface area contributed by atoms with Crippen molar-refractivity contribution in [2.75, 3.05) is 6.61 Å². The molecular formula is C15H19N3O2.